The minimum atomic E-state index is -0.449. The van der Waals surface area contributed by atoms with Crippen molar-refractivity contribution in [2.45, 2.75) is 13.3 Å². The molecule has 2 rings (SSSR count). The molecule has 0 atom stereocenters. The zero-order valence-electron chi connectivity index (χ0n) is 11.6. The quantitative estimate of drug-likeness (QED) is 0.850. The first kappa shape index (κ1) is 15.3. The van der Waals surface area contributed by atoms with Gasteiger partial charge in [0.1, 0.15) is 5.82 Å². The Bertz CT molecular complexity index is 646. The highest BCUT2D eigenvalue weighted by Gasteiger charge is 2.15. The Morgan fingerprint density at radius 2 is 1.95 bits per heavy atom. The van der Waals surface area contributed by atoms with Crippen molar-refractivity contribution in [3.05, 3.63) is 58.9 Å². The predicted octanol–water partition coefficient (Wildman–Crippen LogP) is 4.55. The number of amides is 1. The van der Waals surface area contributed by atoms with E-state index in [1.54, 1.807) is 30.3 Å². The first-order valence-corrected chi connectivity index (χ1v) is 7.09. The molecule has 2 N–H and O–H groups in total. The number of anilines is 2. The molecular formula is C16H16ClFN2O. The highest BCUT2D eigenvalue weighted by molar-refractivity contribution is 6.34. The van der Waals surface area contributed by atoms with Crippen LogP contribution in [0.5, 0.6) is 0 Å². The maximum Gasteiger partial charge on any atom is 0.257 e. The maximum absolute atomic E-state index is 13.9. The number of hydrogen-bond donors (Lipinski definition) is 2. The predicted molar refractivity (Wildman–Crippen MR) is 84.6 cm³/mol. The summed E-state index contributed by atoms with van der Waals surface area (Å²) in [6, 6.07) is 11.3. The van der Waals surface area contributed by atoms with Crippen LogP contribution in [0.1, 0.15) is 23.7 Å². The standard InChI is InChI=1S/C16H16ClFN2O/c1-2-10-19-15-11(6-5-8-13(15)18)16(21)20-14-9-4-3-7-12(14)17/h3-9,19H,2,10H2,1H3,(H,20,21). The lowest BCUT2D eigenvalue weighted by Crippen LogP contribution is -2.16. The van der Waals surface area contributed by atoms with Gasteiger partial charge in [0.05, 0.1) is 22.0 Å². The van der Waals surface area contributed by atoms with Gasteiger partial charge in [0.25, 0.3) is 5.91 Å². The van der Waals surface area contributed by atoms with Gasteiger partial charge in [0.15, 0.2) is 0 Å². The van der Waals surface area contributed by atoms with Gasteiger partial charge < -0.3 is 10.6 Å². The molecule has 0 radical (unpaired) electrons. The van der Waals surface area contributed by atoms with Gasteiger partial charge in [0.2, 0.25) is 0 Å². The second-order valence-corrected chi connectivity index (χ2v) is 4.93. The van der Waals surface area contributed by atoms with E-state index in [-0.39, 0.29) is 11.3 Å². The molecule has 0 unspecified atom stereocenters. The number of halogens is 2. The monoisotopic (exact) mass is 306 g/mol. The third-order valence-electron chi connectivity index (χ3n) is 2.93. The molecule has 3 nitrogen and oxygen atoms in total. The minimum absolute atomic E-state index is 0.212. The van der Waals surface area contributed by atoms with E-state index in [0.29, 0.717) is 17.3 Å². The van der Waals surface area contributed by atoms with Gasteiger partial charge in [-0.25, -0.2) is 4.39 Å². The van der Waals surface area contributed by atoms with Crippen molar-refractivity contribution in [1.82, 2.24) is 0 Å². The lowest BCUT2D eigenvalue weighted by atomic mass is 10.1. The van der Waals surface area contributed by atoms with Crippen molar-refractivity contribution >= 4 is 28.9 Å². The summed E-state index contributed by atoms with van der Waals surface area (Å²) in [5.74, 6) is -0.850. The fourth-order valence-corrected chi connectivity index (χ4v) is 2.08. The fourth-order valence-electron chi connectivity index (χ4n) is 1.90. The Morgan fingerprint density at radius 1 is 1.19 bits per heavy atom. The van der Waals surface area contributed by atoms with E-state index < -0.39 is 11.7 Å². The van der Waals surface area contributed by atoms with Crippen LogP contribution in [0.4, 0.5) is 15.8 Å². The summed E-state index contributed by atoms with van der Waals surface area (Å²) in [6.07, 6.45) is 0.833. The van der Waals surface area contributed by atoms with Gasteiger partial charge >= 0.3 is 0 Å². The molecule has 0 bridgehead atoms. The highest BCUT2D eigenvalue weighted by Crippen LogP contribution is 2.24. The van der Waals surface area contributed by atoms with Crippen molar-refractivity contribution in [3.63, 3.8) is 0 Å². The van der Waals surface area contributed by atoms with Crippen LogP contribution in [0.15, 0.2) is 42.5 Å². The Kier molecular flexibility index (Phi) is 5.17. The summed E-state index contributed by atoms with van der Waals surface area (Å²) < 4.78 is 13.9. The molecule has 0 spiro atoms. The Balaban J connectivity index is 2.27. The van der Waals surface area contributed by atoms with Crippen molar-refractivity contribution in [3.8, 4) is 0 Å². The van der Waals surface area contributed by atoms with Crippen LogP contribution in [0.2, 0.25) is 5.02 Å². The van der Waals surface area contributed by atoms with Crippen molar-refractivity contribution in [1.29, 1.82) is 0 Å². The van der Waals surface area contributed by atoms with E-state index in [1.807, 2.05) is 6.92 Å². The third-order valence-corrected chi connectivity index (χ3v) is 3.26. The first-order valence-electron chi connectivity index (χ1n) is 6.71. The highest BCUT2D eigenvalue weighted by atomic mass is 35.5. The molecule has 2 aromatic rings. The molecule has 0 heterocycles. The Labute approximate surface area is 128 Å². The van der Waals surface area contributed by atoms with E-state index in [0.717, 1.165) is 6.42 Å². The number of carbonyl (C=O) groups excluding carboxylic acids is 1. The van der Waals surface area contributed by atoms with Crippen molar-refractivity contribution < 1.29 is 9.18 Å². The smallest absolute Gasteiger partial charge is 0.257 e. The second-order valence-electron chi connectivity index (χ2n) is 4.52. The number of para-hydroxylation sites is 2. The summed E-state index contributed by atoms with van der Waals surface area (Å²) in [7, 11) is 0. The molecule has 21 heavy (non-hydrogen) atoms. The molecule has 0 aromatic heterocycles. The molecule has 0 saturated carbocycles. The van der Waals surface area contributed by atoms with Gasteiger partial charge in [-0.15, -0.1) is 0 Å². The van der Waals surface area contributed by atoms with Crippen LogP contribution in [0, 0.1) is 5.82 Å². The Morgan fingerprint density at radius 3 is 2.67 bits per heavy atom. The average molecular weight is 307 g/mol. The van der Waals surface area contributed by atoms with Gasteiger partial charge in [-0.2, -0.15) is 0 Å². The molecule has 0 aliphatic rings. The van der Waals surface area contributed by atoms with Crippen LogP contribution < -0.4 is 10.6 Å². The SMILES string of the molecule is CCCNc1c(F)cccc1C(=O)Nc1ccccc1Cl. The Hall–Kier alpha value is -2.07. The molecule has 0 aliphatic heterocycles. The molecule has 0 aliphatic carbocycles. The number of rotatable bonds is 5. The maximum atomic E-state index is 13.9. The number of benzene rings is 2. The van der Waals surface area contributed by atoms with Gasteiger partial charge in [-0.05, 0) is 30.7 Å². The van der Waals surface area contributed by atoms with Crippen molar-refractivity contribution in [2.75, 3.05) is 17.2 Å². The lowest BCUT2D eigenvalue weighted by molar-refractivity contribution is 0.102. The zero-order valence-corrected chi connectivity index (χ0v) is 12.4. The van der Waals surface area contributed by atoms with Gasteiger partial charge in [0, 0.05) is 6.54 Å². The van der Waals surface area contributed by atoms with E-state index in [9.17, 15) is 9.18 Å². The summed E-state index contributed by atoms with van der Waals surface area (Å²) in [6.45, 7) is 2.56. The molecular weight excluding hydrogens is 291 g/mol. The normalized spacial score (nSPS) is 10.2. The molecule has 0 fully saturated rings. The minimum Gasteiger partial charge on any atom is -0.382 e. The number of carbonyl (C=O) groups is 1. The summed E-state index contributed by atoms with van der Waals surface area (Å²) in [4.78, 5) is 12.3. The van der Waals surface area contributed by atoms with Crippen molar-refractivity contribution in [2.24, 2.45) is 0 Å². The van der Waals surface area contributed by atoms with Gasteiger partial charge in [-0.1, -0.05) is 36.7 Å². The zero-order chi connectivity index (χ0) is 15.2. The molecule has 1 amide bonds. The lowest BCUT2D eigenvalue weighted by Gasteiger charge is -2.13. The first-order chi connectivity index (χ1) is 10.1. The second kappa shape index (κ2) is 7.09. The van der Waals surface area contributed by atoms with E-state index in [4.69, 9.17) is 11.6 Å². The van der Waals surface area contributed by atoms with E-state index in [2.05, 4.69) is 10.6 Å². The summed E-state index contributed by atoms with van der Waals surface area (Å²) in [5.41, 5.74) is 0.960. The fraction of sp³-hybridized carbons (Fsp3) is 0.188. The topological polar surface area (TPSA) is 41.1 Å². The largest absolute Gasteiger partial charge is 0.382 e. The van der Waals surface area contributed by atoms with E-state index >= 15 is 0 Å². The third kappa shape index (κ3) is 3.73. The summed E-state index contributed by atoms with van der Waals surface area (Å²) >= 11 is 6.01. The number of hydrogen-bond acceptors (Lipinski definition) is 2. The van der Waals surface area contributed by atoms with Crippen LogP contribution in [0.25, 0.3) is 0 Å². The van der Waals surface area contributed by atoms with Crippen LogP contribution in [-0.4, -0.2) is 12.5 Å². The van der Waals surface area contributed by atoms with Crippen LogP contribution in [0.3, 0.4) is 0 Å². The van der Waals surface area contributed by atoms with Crippen LogP contribution >= 0.6 is 11.6 Å². The molecule has 2 aromatic carbocycles. The molecule has 5 heteroatoms. The van der Waals surface area contributed by atoms with E-state index in [1.165, 1.54) is 12.1 Å². The van der Waals surface area contributed by atoms with Gasteiger partial charge in [-0.3, -0.25) is 4.79 Å². The van der Waals surface area contributed by atoms with Crippen LogP contribution in [-0.2, 0) is 0 Å². The number of nitrogens with one attached hydrogen (secondary N) is 2. The molecule has 0 saturated heterocycles. The average Bonchev–Trinajstić information content (AvgIpc) is 2.48. The summed E-state index contributed by atoms with van der Waals surface area (Å²) in [5, 5.41) is 6.07. The molecule has 110 valence electrons.